The molecule has 0 atom stereocenters. The second-order valence-corrected chi connectivity index (χ2v) is 2.67. The summed E-state index contributed by atoms with van der Waals surface area (Å²) in [5.74, 6) is 0. The summed E-state index contributed by atoms with van der Waals surface area (Å²) in [6.07, 6.45) is 0. The molecule has 0 heterocycles. The van der Waals surface area contributed by atoms with Crippen LogP contribution in [0.1, 0.15) is 0 Å². The minimum absolute atomic E-state index is 0. The summed E-state index contributed by atoms with van der Waals surface area (Å²) in [5, 5.41) is 0. The van der Waals surface area contributed by atoms with Crippen LogP contribution in [-0.4, -0.2) is 60.6 Å². The third-order valence-electron chi connectivity index (χ3n) is 0. The zero-order chi connectivity index (χ0) is 6.50. The van der Waals surface area contributed by atoms with Crippen molar-refractivity contribution in [3.05, 3.63) is 0 Å². The molecule has 8 heavy (non-hydrogen) atoms. The summed E-state index contributed by atoms with van der Waals surface area (Å²) < 4.78 is 37.9. The Morgan fingerprint density at radius 1 is 1.12 bits per heavy atom. The van der Waals surface area contributed by atoms with Crippen molar-refractivity contribution in [3.8, 4) is 0 Å². The van der Waals surface area contributed by atoms with E-state index in [9.17, 15) is 0 Å². The van der Waals surface area contributed by atoms with Crippen molar-refractivity contribution in [2.45, 2.75) is 0 Å². The fraction of sp³-hybridized carbons (Fsp3) is 0. The summed E-state index contributed by atoms with van der Waals surface area (Å²) in [7, 11) is 0. The molecule has 0 unspecified atom stereocenters. The zero-order valence-corrected chi connectivity index (χ0v) is 10.1. The molecule has 6 N–H and O–H groups in total. The van der Waals surface area contributed by atoms with Gasteiger partial charge in [-0.3, -0.25) is 0 Å². The van der Waals surface area contributed by atoms with E-state index in [0.29, 0.717) is 0 Å². The standard InChI is InChI=1S/AsH3O4.Bi.2H2O.2H/c2-1(3,4)5;;;;;/h(H3,2,3,4,5);;2*1H2;;/q;+1;;;;/p-1. The monoisotopic (exact) mass is 388 g/mol. The van der Waals surface area contributed by atoms with Crippen molar-refractivity contribution in [1.29, 1.82) is 0 Å². The van der Waals surface area contributed by atoms with Gasteiger partial charge in [0.2, 0.25) is 0 Å². The average Bonchev–Trinajstić information content (AvgIpc) is 1.36. The summed E-state index contributed by atoms with van der Waals surface area (Å²) >= 11 is -4.96. The van der Waals surface area contributed by atoms with Crippen LogP contribution in [0, 0.1) is 0 Å². The first kappa shape index (κ1) is 16.0. The van der Waals surface area contributed by atoms with E-state index in [2.05, 4.69) is 0 Å². The van der Waals surface area contributed by atoms with E-state index in [1.807, 2.05) is 0 Å². The Balaban J connectivity index is -0.0000000750. The Labute approximate surface area is 64.3 Å². The molecule has 6 nitrogen and oxygen atoms in total. The van der Waals surface area contributed by atoms with Gasteiger partial charge in [-0.25, -0.2) is 0 Å². The van der Waals surface area contributed by atoms with Gasteiger partial charge in [-0.1, -0.05) is 0 Å². The van der Waals surface area contributed by atoms with Gasteiger partial charge in [-0.2, -0.15) is 0 Å². The second-order valence-electron chi connectivity index (χ2n) is 0.513. The fourth-order valence-electron chi connectivity index (χ4n) is 0. The molecular formula is H8AsBiO6. The van der Waals surface area contributed by atoms with Gasteiger partial charge in [-0.15, -0.1) is 0 Å². The summed E-state index contributed by atoms with van der Waals surface area (Å²) in [6.45, 7) is 0. The first-order chi connectivity index (χ1) is 3.00. The molecule has 0 amide bonds. The van der Waals surface area contributed by atoms with Crippen LogP contribution in [0.4, 0.5) is 0 Å². The summed E-state index contributed by atoms with van der Waals surface area (Å²) in [6, 6.07) is 0. The first-order valence-electron chi connectivity index (χ1n) is 1.04. The van der Waals surface area contributed by atoms with Crippen LogP contribution in [0.3, 0.4) is 0 Å². The van der Waals surface area contributed by atoms with Crippen LogP contribution in [0.2, 0.25) is 0 Å². The minimum atomic E-state index is -5.12. The Bertz CT molecular complexity index is 54.7. The summed E-state index contributed by atoms with van der Waals surface area (Å²) in [4.78, 5) is 0. The molecule has 0 aromatic carbocycles. The number of hydrogen-bond donors (Lipinski definition) is 4. The van der Waals surface area contributed by atoms with Crippen LogP contribution in [0.25, 0.3) is 0 Å². The molecule has 0 saturated carbocycles. The van der Waals surface area contributed by atoms with E-state index in [-0.39, 0.29) is 30.6 Å². The SMILES string of the molecule is O.O=[As](O)(O)O.[OH][BiH2]. The predicted octanol–water partition coefficient (Wildman–Crippen LogP) is -4.47. The van der Waals surface area contributed by atoms with E-state index < -0.39 is 14.5 Å². The van der Waals surface area contributed by atoms with Crippen molar-refractivity contribution < 1.29 is 24.7 Å². The maximum atomic E-state index is 8.94. The van der Waals surface area contributed by atoms with Crippen molar-refractivity contribution in [1.82, 2.24) is 0 Å². The molecule has 54 valence electrons. The molecule has 0 aliphatic carbocycles. The van der Waals surface area contributed by atoms with Gasteiger partial charge in [-0.05, 0) is 0 Å². The molecule has 0 aromatic rings. The number of rotatable bonds is 0. The van der Waals surface area contributed by atoms with Gasteiger partial charge in [0.25, 0.3) is 0 Å². The van der Waals surface area contributed by atoms with Crippen molar-refractivity contribution in [3.63, 3.8) is 0 Å². The molecule has 0 spiro atoms. The molecule has 0 aliphatic rings. The van der Waals surface area contributed by atoms with Crippen LogP contribution >= 0.6 is 0 Å². The Kier molecular flexibility index (Phi) is 16.1. The predicted molar refractivity (Wildman–Crippen MR) is 27.5 cm³/mol. The average molecular weight is 388 g/mol. The van der Waals surface area contributed by atoms with Crippen LogP contribution < -0.4 is 0 Å². The van der Waals surface area contributed by atoms with Crippen LogP contribution in [-0.2, 0) is 3.74 Å². The maximum absolute atomic E-state index is 8.94. The molecule has 0 aliphatic heterocycles. The Morgan fingerprint density at radius 2 is 1.12 bits per heavy atom. The van der Waals surface area contributed by atoms with Crippen molar-refractivity contribution >= 4 is 39.7 Å². The summed E-state index contributed by atoms with van der Waals surface area (Å²) in [5.41, 5.74) is 0. The second kappa shape index (κ2) is 8.04. The van der Waals surface area contributed by atoms with Crippen molar-refractivity contribution in [2.24, 2.45) is 0 Å². The van der Waals surface area contributed by atoms with Gasteiger partial charge in [0, 0.05) is 0 Å². The Hall–Kier alpha value is 1.04. The molecule has 8 heteroatoms. The molecule has 0 rings (SSSR count). The fourth-order valence-corrected chi connectivity index (χ4v) is 0. The van der Waals surface area contributed by atoms with E-state index >= 15 is 0 Å². The third-order valence-corrected chi connectivity index (χ3v) is 0. The molecule has 0 saturated heterocycles. The van der Waals surface area contributed by atoms with Crippen LogP contribution in [0.15, 0.2) is 0 Å². The van der Waals surface area contributed by atoms with E-state index in [4.69, 9.17) is 19.2 Å². The molecule has 0 radical (unpaired) electrons. The molecule has 0 bridgehead atoms. The topological polar surface area (TPSA) is 129 Å². The normalized spacial score (nSPS) is 8.12. The first-order valence-corrected chi connectivity index (χ1v) is 6.33. The quantitative estimate of drug-likeness (QED) is 0.311. The van der Waals surface area contributed by atoms with Gasteiger partial charge in [0.15, 0.2) is 0 Å². The third kappa shape index (κ3) is 237. The van der Waals surface area contributed by atoms with Gasteiger partial charge in [0.1, 0.15) is 0 Å². The van der Waals surface area contributed by atoms with E-state index in [1.165, 1.54) is 0 Å². The van der Waals surface area contributed by atoms with Crippen molar-refractivity contribution in [2.75, 3.05) is 0 Å². The van der Waals surface area contributed by atoms with Gasteiger partial charge < -0.3 is 5.48 Å². The van der Waals surface area contributed by atoms with Gasteiger partial charge in [0.05, 0.1) is 0 Å². The number of hydrogen-bond acceptors (Lipinski definition) is 2. The van der Waals surface area contributed by atoms with E-state index in [0.717, 1.165) is 0 Å². The van der Waals surface area contributed by atoms with E-state index in [1.54, 1.807) is 0 Å². The van der Waals surface area contributed by atoms with Crippen LogP contribution in [0.5, 0.6) is 0 Å². The molecule has 0 fully saturated rings. The molecule has 0 aromatic heterocycles. The van der Waals surface area contributed by atoms with Gasteiger partial charge >= 0.3 is 58.9 Å². The zero-order valence-electron chi connectivity index (χ0n) is 3.72. The Morgan fingerprint density at radius 3 is 1.12 bits per heavy atom. The molecular weight excluding hydrogens is 380 g/mol.